The van der Waals surface area contributed by atoms with Crippen molar-refractivity contribution >= 4 is 23.6 Å². The number of rotatable bonds is 7. The Balaban J connectivity index is 1.45. The van der Waals surface area contributed by atoms with Crippen LogP contribution in [-0.2, 0) is 46.3 Å². The fourth-order valence-corrected chi connectivity index (χ4v) is 4.91. The Labute approximate surface area is 247 Å². The van der Waals surface area contributed by atoms with Gasteiger partial charge in [0.1, 0.15) is 17.5 Å². The van der Waals surface area contributed by atoms with Gasteiger partial charge in [-0.1, -0.05) is 48.5 Å². The molecule has 0 aliphatic carbocycles. The average molecular weight is 600 g/mol. The first kappa shape index (κ1) is 31.5. The van der Waals surface area contributed by atoms with E-state index in [4.69, 9.17) is 4.74 Å². The maximum Gasteiger partial charge on any atom is 0.419 e. The third kappa shape index (κ3) is 8.56. The molecule has 3 amide bonds. The molecule has 1 atom stereocenters. The predicted molar refractivity (Wildman–Crippen MR) is 153 cm³/mol. The van der Waals surface area contributed by atoms with Gasteiger partial charge in [0.2, 0.25) is 11.8 Å². The van der Waals surface area contributed by atoms with E-state index in [2.05, 4.69) is 10.6 Å². The Morgan fingerprint density at radius 3 is 2.33 bits per heavy atom. The summed E-state index contributed by atoms with van der Waals surface area (Å²) in [6.07, 6.45) is -5.16. The van der Waals surface area contributed by atoms with Gasteiger partial charge in [0.25, 0.3) is 0 Å². The van der Waals surface area contributed by atoms with Crippen LogP contribution >= 0.6 is 0 Å². The van der Waals surface area contributed by atoms with E-state index in [-0.39, 0.29) is 30.9 Å². The van der Waals surface area contributed by atoms with Crippen LogP contribution < -0.4 is 10.6 Å². The first-order valence-electron chi connectivity index (χ1n) is 13.8. The highest BCUT2D eigenvalue weighted by Crippen LogP contribution is 2.32. The molecule has 3 aromatic rings. The van der Waals surface area contributed by atoms with Crippen molar-refractivity contribution in [2.75, 3.05) is 11.9 Å². The lowest BCUT2D eigenvalue weighted by Gasteiger charge is -2.33. The monoisotopic (exact) mass is 599 g/mol. The van der Waals surface area contributed by atoms with Crippen LogP contribution in [0.4, 0.5) is 28.0 Å². The first-order chi connectivity index (χ1) is 20.2. The summed E-state index contributed by atoms with van der Waals surface area (Å²) in [5.74, 6) is -2.24. The minimum Gasteiger partial charge on any atom is -0.444 e. The number of hydrogen-bond acceptors (Lipinski definition) is 4. The molecule has 0 saturated heterocycles. The second kappa shape index (κ2) is 12.8. The molecule has 3 aromatic carbocycles. The summed E-state index contributed by atoms with van der Waals surface area (Å²) in [6, 6.07) is 16.1. The van der Waals surface area contributed by atoms with Gasteiger partial charge in [0.15, 0.2) is 0 Å². The van der Waals surface area contributed by atoms with E-state index < -0.39 is 41.2 Å². The number of carbonyl (C=O) groups excluding carboxylic acids is 3. The highest BCUT2D eigenvalue weighted by molar-refractivity contribution is 5.93. The van der Waals surface area contributed by atoms with Gasteiger partial charge in [-0.15, -0.1) is 0 Å². The predicted octanol–water partition coefficient (Wildman–Crippen LogP) is 6.05. The second-order valence-corrected chi connectivity index (χ2v) is 11.4. The Morgan fingerprint density at radius 1 is 0.953 bits per heavy atom. The summed E-state index contributed by atoms with van der Waals surface area (Å²) >= 11 is 0. The molecule has 0 saturated carbocycles. The lowest BCUT2D eigenvalue weighted by atomic mass is 9.96. The molecule has 4 rings (SSSR count). The van der Waals surface area contributed by atoms with Crippen molar-refractivity contribution in [2.45, 2.75) is 64.4 Å². The number of nitrogens with zero attached hydrogens (tertiary/aromatic N) is 1. The molecular weight excluding hydrogens is 566 g/mol. The van der Waals surface area contributed by atoms with Crippen LogP contribution in [0.15, 0.2) is 66.7 Å². The number of hydrogen-bond donors (Lipinski definition) is 2. The first-order valence-corrected chi connectivity index (χ1v) is 13.8. The largest absolute Gasteiger partial charge is 0.444 e. The lowest BCUT2D eigenvalue weighted by molar-refractivity contribution is -0.140. The molecular formula is C32H33F4N3O4. The van der Waals surface area contributed by atoms with Crippen LogP contribution in [0.25, 0.3) is 0 Å². The lowest BCUT2D eigenvalue weighted by Crippen LogP contribution is -2.51. The maximum atomic E-state index is 14.0. The summed E-state index contributed by atoms with van der Waals surface area (Å²) in [5, 5.41) is 5.49. The highest BCUT2D eigenvalue weighted by Gasteiger charge is 2.34. The summed E-state index contributed by atoms with van der Waals surface area (Å²) in [5.41, 5.74) is 0.969. The minimum atomic E-state index is -4.82. The SMILES string of the molecule is CC(C)(C)OC(=O)NC(Cc1ccccc1)C(=O)N1CCc2c(cccc2NC(=O)Cc2ccc(C(F)(F)F)c(F)c2)C1. The van der Waals surface area contributed by atoms with Crippen molar-refractivity contribution < 1.29 is 36.7 Å². The van der Waals surface area contributed by atoms with E-state index in [0.717, 1.165) is 22.8 Å². The molecule has 0 radical (unpaired) electrons. The van der Waals surface area contributed by atoms with E-state index in [1.807, 2.05) is 36.4 Å². The number of anilines is 1. The Bertz CT molecular complexity index is 1490. The highest BCUT2D eigenvalue weighted by atomic mass is 19.4. The summed E-state index contributed by atoms with van der Waals surface area (Å²) in [4.78, 5) is 40.6. The standard InChI is InChI=1S/C32H33F4N3O4/c1-31(2,3)43-30(42)38-27(17-20-8-5-4-6-9-20)29(41)39-15-14-23-22(19-39)10-7-11-26(23)37-28(40)18-21-12-13-24(25(33)16-21)32(34,35)36/h4-13,16,27H,14-15,17-19H2,1-3H3,(H,37,40)(H,38,42). The second-order valence-electron chi connectivity index (χ2n) is 11.4. The number of ether oxygens (including phenoxy) is 1. The number of fused-ring (bicyclic) bond motifs is 1. The summed E-state index contributed by atoms with van der Waals surface area (Å²) < 4.78 is 57.9. The maximum absolute atomic E-state index is 14.0. The molecule has 1 heterocycles. The molecule has 11 heteroatoms. The number of carbonyl (C=O) groups is 3. The van der Waals surface area contributed by atoms with E-state index >= 15 is 0 Å². The number of alkyl carbamates (subject to hydrolysis) is 1. The minimum absolute atomic E-state index is 0.103. The molecule has 228 valence electrons. The van der Waals surface area contributed by atoms with Crippen LogP contribution in [-0.4, -0.2) is 41.0 Å². The zero-order valence-corrected chi connectivity index (χ0v) is 24.1. The van der Waals surface area contributed by atoms with E-state index in [9.17, 15) is 31.9 Å². The van der Waals surface area contributed by atoms with Crippen molar-refractivity contribution in [1.82, 2.24) is 10.2 Å². The van der Waals surface area contributed by atoms with Crippen molar-refractivity contribution in [3.63, 3.8) is 0 Å². The molecule has 43 heavy (non-hydrogen) atoms. The van der Waals surface area contributed by atoms with E-state index in [0.29, 0.717) is 30.8 Å². The van der Waals surface area contributed by atoms with Gasteiger partial charge in [0, 0.05) is 25.2 Å². The van der Waals surface area contributed by atoms with Gasteiger partial charge in [-0.3, -0.25) is 9.59 Å². The number of nitrogens with one attached hydrogen (secondary N) is 2. The van der Waals surface area contributed by atoms with Crippen LogP contribution in [0, 0.1) is 5.82 Å². The molecule has 1 aliphatic rings. The average Bonchev–Trinajstić information content (AvgIpc) is 2.91. The molecule has 1 unspecified atom stereocenters. The summed E-state index contributed by atoms with van der Waals surface area (Å²) in [6.45, 7) is 5.77. The van der Waals surface area contributed by atoms with Crippen molar-refractivity contribution in [2.24, 2.45) is 0 Å². The quantitative estimate of drug-likeness (QED) is 0.324. The smallest absolute Gasteiger partial charge is 0.419 e. The third-order valence-electron chi connectivity index (χ3n) is 6.83. The molecule has 7 nitrogen and oxygen atoms in total. The zero-order chi connectivity index (χ0) is 31.4. The fourth-order valence-electron chi connectivity index (χ4n) is 4.91. The van der Waals surface area contributed by atoms with E-state index in [1.165, 1.54) is 0 Å². The normalized spacial score (nSPS) is 14.0. The van der Waals surface area contributed by atoms with Gasteiger partial charge < -0.3 is 20.3 Å². The Morgan fingerprint density at radius 2 is 1.67 bits per heavy atom. The van der Waals surface area contributed by atoms with Gasteiger partial charge in [-0.2, -0.15) is 13.2 Å². The van der Waals surface area contributed by atoms with Crippen molar-refractivity contribution in [3.05, 3.63) is 100 Å². The van der Waals surface area contributed by atoms with E-state index in [1.54, 1.807) is 37.8 Å². The zero-order valence-electron chi connectivity index (χ0n) is 24.1. The van der Waals surface area contributed by atoms with Gasteiger partial charge >= 0.3 is 12.3 Å². The number of benzene rings is 3. The molecule has 0 fully saturated rings. The van der Waals surface area contributed by atoms with Crippen LogP contribution in [0.1, 0.15) is 48.6 Å². The van der Waals surface area contributed by atoms with Crippen LogP contribution in [0.2, 0.25) is 0 Å². The Hall–Kier alpha value is -4.41. The van der Waals surface area contributed by atoms with Crippen molar-refractivity contribution in [3.8, 4) is 0 Å². The summed E-state index contributed by atoms with van der Waals surface area (Å²) in [7, 11) is 0. The van der Waals surface area contributed by atoms with Crippen LogP contribution in [0.5, 0.6) is 0 Å². The number of halogens is 4. The molecule has 0 spiro atoms. The molecule has 1 aliphatic heterocycles. The number of amides is 3. The topological polar surface area (TPSA) is 87.7 Å². The molecule has 0 bridgehead atoms. The Kier molecular flexibility index (Phi) is 9.42. The van der Waals surface area contributed by atoms with Crippen molar-refractivity contribution in [1.29, 1.82) is 0 Å². The molecule has 0 aromatic heterocycles. The van der Waals surface area contributed by atoms with Gasteiger partial charge in [0.05, 0.1) is 12.0 Å². The van der Waals surface area contributed by atoms with Crippen LogP contribution in [0.3, 0.4) is 0 Å². The van der Waals surface area contributed by atoms with Gasteiger partial charge in [-0.05, 0) is 67.6 Å². The fraction of sp³-hybridized carbons (Fsp3) is 0.344. The molecule has 2 N–H and O–H groups in total. The number of alkyl halides is 3. The third-order valence-corrected chi connectivity index (χ3v) is 6.83. The van der Waals surface area contributed by atoms with Gasteiger partial charge in [-0.25, -0.2) is 9.18 Å².